The number of hydrogen-bond donors (Lipinski definition) is 4. The third-order valence-electron chi connectivity index (χ3n) is 7.78. The Labute approximate surface area is 489 Å². The highest BCUT2D eigenvalue weighted by Gasteiger charge is 2.24. The number of nitrogens with zero attached hydrogens (tertiary/aromatic N) is 13. The zero-order chi connectivity index (χ0) is 57.6. The van der Waals surface area contributed by atoms with Gasteiger partial charge in [-0.05, 0) is 62.4 Å². The smallest absolute Gasteiger partial charge is 0.253 e. The van der Waals surface area contributed by atoms with Crippen molar-refractivity contribution in [2.45, 2.75) is 42.2 Å². The maximum absolute atomic E-state index is 11.3. The molecule has 2 aromatic heterocycles. The SMILES string of the molecule is C#CCCNC(=O)CCN1C(=O)C=CC1=O.C#CCCNC(=O)CI.C#CCCSSc1ccccn1.[N-]=[N+]=NCCNC(=O)CCN1C(=O)C=CC1=O.[N-]=[N+]=NCCNC(=O)CI.[N-]=[N+]=NCCSSc1ccccn1. The van der Waals surface area contributed by atoms with Gasteiger partial charge in [-0.1, -0.05) is 94.2 Å². The van der Waals surface area contributed by atoms with Crippen LogP contribution in [0, 0.1) is 37.0 Å². The van der Waals surface area contributed by atoms with Gasteiger partial charge in [0.1, 0.15) is 10.1 Å². The van der Waals surface area contributed by atoms with Crippen LogP contribution in [0.1, 0.15) is 32.1 Å². The van der Waals surface area contributed by atoms with E-state index < -0.39 is 11.8 Å². The lowest BCUT2D eigenvalue weighted by Gasteiger charge is -2.12. The van der Waals surface area contributed by atoms with Gasteiger partial charge < -0.3 is 21.3 Å². The summed E-state index contributed by atoms with van der Waals surface area (Å²) in [5.41, 5.74) is 23.8. The standard InChI is InChI=1S/C11H12N2O3.C9H11N5O3.C9H9NS2.C7H8N4S2.C6H8INO.C4H7IN4O/c1-2-3-7-12-9(14)6-8-13-10(15)4-5-11(13)16;10-13-12-5-4-11-7(15)3-6-14-8(16)1-2-9(14)17;1-2-3-8-11-12-9-6-4-5-7-10-9;8-11-10-5-6-12-13-7-3-1-2-4-9-7;1-2-3-4-8-6(9)5-7;5-3-4(10)7-1-2-8-9-6/h1,4-5H,3,6-8H2,(H,12,14);1-2H,3-6H2,(H,11,15);1,4-7H,3,8H2;1-4H,5-6H2;1H,3-5H2,(H,8,9);1-3H2,(H,7,10). The van der Waals surface area contributed by atoms with Crippen molar-refractivity contribution in [1.29, 1.82) is 0 Å². The molecule has 0 atom stereocenters. The quantitative estimate of drug-likeness (QED) is 0.00848. The van der Waals surface area contributed by atoms with E-state index in [0.717, 1.165) is 37.8 Å². The van der Waals surface area contributed by atoms with Gasteiger partial charge in [0, 0.05) is 154 Å². The third-order valence-corrected chi connectivity index (χ3v) is 13.7. The Kier molecular flexibility index (Phi) is 49.7. The molecule has 0 saturated heterocycles. The van der Waals surface area contributed by atoms with Crippen molar-refractivity contribution >= 4 is 136 Å². The zero-order valence-corrected chi connectivity index (χ0v) is 48.9. The minimum absolute atomic E-state index is 0.0336. The molecule has 4 heterocycles. The molecule has 410 valence electrons. The summed E-state index contributed by atoms with van der Waals surface area (Å²) in [6.07, 6.45) is 25.4. The summed E-state index contributed by atoms with van der Waals surface area (Å²) in [6, 6.07) is 11.7. The van der Waals surface area contributed by atoms with Crippen LogP contribution in [-0.4, -0.2) is 146 Å². The maximum Gasteiger partial charge on any atom is 0.253 e. The summed E-state index contributed by atoms with van der Waals surface area (Å²) in [6.45, 7) is 2.85. The lowest BCUT2D eigenvalue weighted by atomic mass is 10.3. The molecule has 0 aromatic carbocycles. The molecule has 8 amide bonds. The summed E-state index contributed by atoms with van der Waals surface area (Å²) >= 11 is 3.96. The lowest BCUT2D eigenvalue weighted by Crippen LogP contribution is -2.35. The van der Waals surface area contributed by atoms with E-state index in [1.54, 1.807) is 55.6 Å². The van der Waals surface area contributed by atoms with Crippen molar-refractivity contribution < 1.29 is 38.4 Å². The van der Waals surface area contributed by atoms with Crippen LogP contribution >= 0.6 is 88.4 Å². The summed E-state index contributed by atoms with van der Waals surface area (Å²) < 4.78 is 0.941. The second kappa shape index (κ2) is 52.8. The number of carbonyl (C=O) groups excluding carboxylic acids is 8. The van der Waals surface area contributed by atoms with Crippen LogP contribution in [-0.2, 0) is 38.4 Å². The van der Waals surface area contributed by atoms with Crippen LogP contribution < -0.4 is 21.3 Å². The first-order chi connectivity index (χ1) is 37.3. The number of pyridine rings is 2. The molecule has 2 aromatic rings. The van der Waals surface area contributed by atoms with E-state index in [-0.39, 0.29) is 74.5 Å². The molecular weight excluding hydrogens is 1300 g/mol. The Morgan fingerprint density at radius 2 is 0.909 bits per heavy atom. The number of aromatic nitrogens is 2. The highest BCUT2D eigenvalue weighted by Crippen LogP contribution is 2.29. The van der Waals surface area contributed by atoms with Gasteiger partial charge in [-0.25, -0.2) is 9.97 Å². The summed E-state index contributed by atoms with van der Waals surface area (Å²) in [7, 11) is 6.64. The van der Waals surface area contributed by atoms with Crippen molar-refractivity contribution in [2.24, 2.45) is 15.3 Å². The van der Waals surface area contributed by atoms with E-state index in [2.05, 4.69) is 79.1 Å². The average Bonchev–Trinajstić information content (AvgIpc) is 3.95. The maximum atomic E-state index is 11.3. The number of azide groups is 3. The number of imide groups is 2. The molecule has 0 unspecified atom stereocenters. The number of terminal acetylenes is 3. The highest BCUT2D eigenvalue weighted by atomic mass is 127. The van der Waals surface area contributed by atoms with Gasteiger partial charge in [-0.15, -0.1) is 37.0 Å². The van der Waals surface area contributed by atoms with Gasteiger partial charge in [0.05, 0.1) is 8.86 Å². The fourth-order valence-corrected chi connectivity index (χ4v) is 8.42. The predicted molar refractivity (Wildman–Crippen MR) is 318 cm³/mol. The predicted octanol–water partition coefficient (Wildman–Crippen LogP) is 6.56. The van der Waals surface area contributed by atoms with Crippen molar-refractivity contribution in [1.82, 2.24) is 41.0 Å². The van der Waals surface area contributed by atoms with Gasteiger partial charge in [-0.2, -0.15) is 0 Å². The normalized spacial score (nSPS) is 10.9. The van der Waals surface area contributed by atoms with Crippen LogP contribution in [0.3, 0.4) is 0 Å². The van der Waals surface area contributed by atoms with E-state index >= 15 is 0 Å². The number of nitrogens with one attached hydrogen (secondary N) is 4. The van der Waals surface area contributed by atoms with Gasteiger partial charge in [0.2, 0.25) is 23.6 Å². The minimum atomic E-state index is -0.406. The first-order valence-electron chi connectivity index (χ1n) is 22.3. The largest absolute Gasteiger partial charge is 0.356 e. The van der Waals surface area contributed by atoms with E-state index in [1.165, 1.54) is 24.3 Å². The van der Waals surface area contributed by atoms with Crippen molar-refractivity contribution in [3.05, 3.63) is 104 Å². The van der Waals surface area contributed by atoms with Gasteiger partial charge >= 0.3 is 0 Å². The fraction of sp³-hybridized carbons (Fsp3) is 0.391. The third kappa shape index (κ3) is 44.3. The van der Waals surface area contributed by atoms with Gasteiger partial charge in [0.25, 0.3) is 23.6 Å². The van der Waals surface area contributed by atoms with Crippen molar-refractivity contribution in [3.8, 4) is 37.0 Å². The Hall–Kier alpha value is -6.59. The number of rotatable bonds is 27. The summed E-state index contributed by atoms with van der Waals surface area (Å²) in [4.78, 5) is 106. The Bertz CT molecular complexity index is 2440. The molecule has 25 nitrogen and oxygen atoms in total. The summed E-state index contributed by atoms with van der Waals surface area (Å²) in [5, 5.41) is 22.2. The molecule has 31 heteroatoms. The molecule has 0 aliphatic carbocycles. The second-order valence-corrected chi connectivity index (χ2v) is 19.8. The molecule has 2 aliphatic rings. The lowest BCUT2D eigenvalue weighted by molar-refractivity contribution is -0.139. The van der Waals surface area contributed by atoms with Gasteiger partial charge in [-0.3, -0.25) is 48.2 Å². The van der Waals surface area contributed by atoms with E-state index in [4.69, 9.17) is 35.9 Å². The number of halogens is 2. The van der Waals surface area contributed by atoms with Crippen LogP contribution in [0.2, 0.25) is 0 Å². The van der Waals surface area contributed by atoms with Crippen LogP contribution in [0.4, 0.5) is 0 Å². The Morgan fingerprint density at radius 1 is 0.545 bits per heavy atom. The zero-order valence-electron chi connectivity index (χ0n) is 41.4. The number of alkyl halides is 2. The molecule has 4 rings (SSSR count). The number of amides is 8. The molecule has 0 spiro atoms. The topological polar surface area (TPSA) is 363 Å². The Balaban J connectivity index is 0. The fourth-order valence-electron chi connectivity index (χ4n) is 4.35. The summed E-state index contributed by atoms with van der Waals surface area (Å²) in [5.74, 6) is 7.15. The first kappa shape index (κ1) is 72.5. The number of carbonyl (C=O) groups is 8. The molecular formula is C46H55I2N17O8S4. The van der Waals surface area contributed by atoms with E-state index in [9.17, 15) is 38.4 Å². The molecule has 2 aliphatic heterocycles. The van der Waals surface area contributed by atoms with Crippen LogP contribution in [0.25, 0.3) is 31.3 Å². The second-order valence-electron chi connectivity index (χ2n) is 13.4. The number of hydrogen-bond acceptors (Lipinski definition) is 17. The molecule has 0 fully saturated rings. The molecule has 77 heavy (non-hydrogen) atoms. The Morgan fingerprint density at radius 3 is 1.27 bits per heavy atom. The van der Waals surface area contributed by atoms with Crippen LogP contribution in [0.15, 0.2) is 98.5 Å². The first-order valence-corrected chi connectivity index (χ1v) is 30.0. The van der Waals surface area contributed by atoms with E-state index in [1.807, 2.05) is 81.6 Å². The average molecular weight is 1360 g/mol. The monoisotopic (exact) mass is 1360 g/mol. The van der Waals surface area contributed by atoms with E-state index in [0.29, 0.717) is 54.4 Å². The van der Waals surface area contributed by atoms with Gasteiger partial charge in [0.15, 0.2) is 0 Å². The molecule has 4 N–H and O–H groups in total. The molecule has 0 bridgehead atoms. The van der Waals surface area contributed by atoms with Crippen molar-refractivity contribution in [3.63, 3.8) is 0 Å². The van der Waals surface area contributed by atoms with Crippen LogP contribution in [0.5, 0.6) is 0 Å². The highest BCUT2D eigenvalue weighted by molar-refractivity contribution is 14.1. The molecule has 0 radical (unpaired) electrons. The minimum Gasteiger partial charge on any atom is -0.356 e. The molecule has 0 saturated carbocycles. The van der Waals surface area contributed by atoms with Crippen molar-refractivity contribution in [2.75, 3.05) is 79.3 Å².